The predicted molar refractivity (Wildman–Crippen MR) is 81.2 cm³/mol. The van der Waals surface area contributed by atoms with E-state index in [1.54, 1.807) is 33.2 Å². The van der Waals surface area contributed by atoms with Crippen LogP contribution < -0.4 is 5.32 Å². The van der Waals surface area contributed by atoms with Gasteiger partial charge in [-0.1, -0.05) is 13.8 Å². The fourth-order valence-electron chi connectivity index (χ4n) is 1.81. The summed E-state index contributed by atoms with van der Waals surface area (Å²) in [6, 6.07) is -0.379. The third-order valence-corrected chi connectivity index (χ3v) is 3.64. The van der Waals surface area contributed by atoms with Gasteiger partial charge in [0, 0.05) is 6.20 Å². The van der Waals surface area contributed by atoms with Gasteiger partial charge < -0.3 is 15.4 Å². The van der Waals surface area contributed by atoms with Crippen LogP contribution in [0.15, 0.2) is 12.4 Å². The van der Waals surface area contributed by atoms with Crippen molar-refractivity contribution in [2.45, 2.75) is 52.2 Å². The quantitative estimate of drug-likeness (QED) is 0.803. The van der Waals surface area contributed by atoms with Gasteiger partial charge in [-0.15, -0.1) is 0 Å². The average Bonchev–Trinajstić information content (AvgIpc) is 2.80. The van der Waals surface area contributed by atoms with Gasteiger partial charge in [0.15, 0.2) is 5.65 Å². The minimum Gasteiger partial charge on any atom is -0.388 e. The summed E-state index contributed by atoms with van der Waals surface area (Å²) >= 11 is 0. The van der Waals surface area contributed by atoms with Crippen LogP contribution in [-0.2, 0) is 0 Å². The topological polar surface area (TPSA) is 90.9 Å². The van der Waals surface area contributed by atoms with Gasteiger partial charge in [0.2, 0.25) is 0 Å². The Hall–Kier alpha value is -1.95. The molecule has 1 amide bonds. The Labute approximate surface area is 124 Å². The standard InChI is InChI=1S/C15H22N4O2/c1-8(2)11-7-17-13-12(19-11)10(6-16-13)14(20)18-9(3)15(4,5)21/h6-9,21H,1-5H3,(H,16,17)(H,18,20). The van der Waals surface area contributed by atoms with Crippen molar-refractivity contribution in [3.05, 3.63) is 23.7 Å². The Morgan fingerprint density at radius 2 is 2.05 bits per heavy atom. The van der Waals surface area contributed by atoms with Crippen LogP contribution >= 0.6 is 0 Å². The van der Waals surface area contributed by atoms with E-state index in [2.05, 4.69) is 20.3 Å². The Morgan fingerprint density at radius 3 is 2.62 bits per heavy atom. The minimum atomic E-state index is -0.990. The number of hydrogen-bond donors (Lipinski definition) is 3. The van der Waals surface area contributed by atoms with Crippen molar-refractivity contribution in [1.82, 2.24) is 20.3 Å². The summed E-state index contributed by atoms with van der Waals surface area (Å²) in [6.45, 7) is 9.13. The molecule has 1 atom stereocenters. The maximum atomic E-state index is 12.3. The number of nitrogens with zero attached hydrogens (tertiary/aromatic N) is 2. The number of aliphatic hydroxyl groups is 1. The Balaban J connectivity index is 2.33. The minimum absolute atomic E-state index is 0.239. The monoisotopic (exact) mass is 290 g/mol. The van der Waals surface area contributed by atoms with Crippen molar-refractivity contribution in [2.24, 2.45) is 0 Å². The third-order valence-electron chi connectivity index (χ3n) is 3.64. The van der Waals surface area contributed by atoms with Crippen LogP contribution in [0.4, 0.5) is 0 Å². The summed E-state index contributed by atoms with van der Waals surface area (Å²) in [5.74, 6) is -0.0332. The van der Waals surface area contributed by atoms with E-state index < -0.39 is 5.60 Å². The molecule has 0 fully saturated rings. The molecule has 2 heterocycles. The molecule has 6 nitrogen and oxygen atoms in total. The van der Waals surface area contributed by atoms with Crippen molar-refractivity contribution in [3.8, 4) is 0 Å². The number of fused-ring (bicyclic) bond motifs is 1. The van der Waals surface area contributed by atoms with Crippen molar-refractivity contribution in [2.75, 3.05) is 0 Å². The van der Waals surface area contributed by atoms with Crippen LogP contribution in [0.3, 0.4) is 0 Å². The lowest BCUT2D eigenvalue weighted by molar-refractivity contribution is 0.0409. The van der Waals surface area contributed by atoms with Gasteiger partial charge in [-0.25, -0.2) is 9.97 Å². The van der Waals surface area contributed by atoms with E-state index >= 15 is 0 Å². The summed E-state index contributed by atoms with van der Waals surface area (Å²) in [5, 5.41) is 12.7. The van der Waals surface area contributed by atoms with E-state index in [0.29, 0.717) is 16.7 Å². The van der Waals surface area contributed by atoms with Crippen molar-refractivity contribution in [3.63, 3.8) is 0 Å². The highest BCUT2D eigenvalue weighted by molar-refractivity contribution is 6.04. The number of hydrogen-bond acceptors (Lipinski definition) is 4. The summed E-state index contributed by atoms with van der Waals surface area (Å²) in [6.07, 6.45) is 3.31. The van der Waals surface area contributed by atoms with Gasteiger partial charge in [-0.3, -0.25) is 4.79 Å². The predicted octanol–water partition coefficient (Wildman–Crippen LogP) is 1.97. The molecule has 114 valence electrons. The van der Waals surface area contributed by atoms with E-state index in [1.165, 1.54) is 0 Å². The zero-order valence-corrected chi connectivity index (χ0v) is 13.1. The van der Waals surface area contributed by atoms with E-state index in [1.807, 2.05) is 13.8 Å². The molecule has 0 saturated heterocycles. The number of amides is 1. The number of nitrogens with one attached hydrogen (secondary N) is 2. The molecule has 0 aliphatic heterocycles. The van der Waals surface area contributed by atoms with E-state index in [0.717, 1.165) is 5.69 Å². The number of rotatable bonds is 4. The smallest absolute Gasteiger partial charge is 0.255 e. The highest BCUT2D eigenvalue weighted by atomic mass is 16.3. The van der Waals surface area contributed by atoms with Crippen molar-refractivity contribution >= 4 is 17.1 Å². The molecule has 2 aromatic heterocycles. The third kappa shape index (κ3) is 3.21. The lowest BCUT2D eigenvalue weighted by Gasteiger charge is -2.26. The van der Waals surface area contributed by atoms with Gasteiger partial charge in [-0.2, -0.15) is 0 Å². The van der Waals surface area contributed by atoms with Crippen LogP contribution in [0.5, 0.6) is 0 Å². The van der Waals surface area contributed by atoms with Crippen molar-refractivity contribution in [1.29, 1.82) is 0 Å². The van der Waals surface area contributed by atoms with Gasteiger partial charge >= 0.3 is 0 Å². The lowest BCUT2D eigenvalue weighted by atomic mass is 10.0. The fraction of sp³-hybridized carbons (Fsp3) is 0.533. The zero-order chi connectivity index (χ0) is 15.8. The van der Waals surface area contributed by atoms with Crippen LogP contribution in [0.2, 0.25) is 0 Å². The largest absolute Gasteiger partial charge is 0.388 e. The molecule has 1 unspecified atom stereocenters. The first-order valence-corrected chi connectivity index (χ1v) is 7.07. The average molecular weight is 290 g/mol. The molecule has 6 heteroatoms. The van der Waals surface area contributed by atoms with E-state index in [-0.39, 0.29) is 17.9 Å². The normalized spacial score (nSPS) is 13.7. The summed E-state index contributed by atoms with van der Waals surface area (Å²) < 4.78 is 0. The van der Waals surface area contributed by atoms with Gasteiger partial charge in [0.05, 0.1) is 29.1 Å². The first kappa shape index (κ1) is 15.4. The molecular weight excluding hydrogens is 268 g/mol. The molecule has 0 saturated carbocycles. The maximum absolute atomic E-state index is 12.3. The molecule has 3 N–H and O–H groups in total. The van der Waals surface area contributed by atoms with Crippen molar-refractivity contribution < 1.29 is 9.90 Å². The molecule has 0 radical (unpaired) electrons. The second kappa shape index (κ2) is 5.44. The number of aromatic amines is 1. The van der Waals surface area contributed by atoms with E-state index in [9.17, 15) is 9.90 Å². The number of carbonyl (C=O) groups is 1. The molecule has 0 bridgehead atoms. The summed E-state index contributed by atoms with van der Waals surface area (Å²) in [4.78, 5) is 24.1. The zero-order valence-electron chi connectivity index (χ0n) is 13.1. The lowest BCUT2D eigenvalue weighted by Crippen LogP contribution is -2.47. The molecule has 2 aromatic rings. The Bertz CT molecular complexity index is 655. The first-order chi connectivity index (χ1) is 9.70. The molecule has 0 aliphatic rings. The first-order valence-electron chi connectivity index (χ1n) is 7.07. The molecule has 21 heavy (non-hydrogen) atoms. The van der Waals surface area contributed by atoms with E-state index in [4.69, 9.17) is 0 Å². The SMILES string of the molecule is CC(C)c1cnc2[nH]cc(C(=O)NC(C)C(C)(C)O)c2n1. The highest BCUT2D eigenvalue weighted by Crippen LogP contribution is 2.18. The van der Waals surface area contributed by atoms with Crippen LogP contribution in [0.25, 0.3) is 11.2 Å². The van der Waals surface area contributed by atoms with Crippen LogP contribution in [-0.4, -0.2) is 37.6 Å². The summed E-state index contributed by atoms with van der Waals surface area (Å²) in [7, 11) is 0. The molecule has 2 rings (SSSR count). The molecule has 0 aromatic carbocycles. The number of aromatic nitrogens is 3. The fourth-order valence-corrected chi connectivity index (χ4v) is 1.81. The van der Waals surface area contributed by atoms with Crippen LogP contribution in [0, 0.1) is 0 Å². The summed E-state index contributed by atoms with van der Waals surface area (Å²) in [5.41, 5.74) is 1.43. The number of H-pyrrole nitrogens is 1. The molecular formula is C15H22N4O2. The number of carbonyl (C=O) groups excluding carboxylic acids is 1. The van der Waals surface area contributed by atoms with Crippen LogP contribution in [0.1, 0.15) is 56.6 Å². The second-order valence-electron chi connectivity index (χ2n) is 6.20. The second-order valence-corrected chi connectivity index (χ2v) is 6.20. The Kier molecular flexibility index (Phi) is 4.00. The molecule has 0 spiro atoms. The van der Waals surface area contributed by atoms with Gasteiger partial charge in [-0.05, 0) is 26.7 Å². The highest BCUT2D eigenvalue weighted by Gasteiger charge is 2.25. The van der Waals surface area contributed by atoms with Gasteiger partial charge in [0.1, 0.15) is 5.52 Å². The molecule has 0 aliphatic carbocycles. The maximum Gasteiger partial charge on any atom is 0.255 e. The van der Waals surface area contributed by atoms with Gasteiger partial charge in [0.25, 0.3) is 5.91 Å². The Morgan fingerprint density at radius 1 is 1.38 bits per heavy atom.